The maximum Gasteiger partial charge on any atom is 0.0424 e. The third kappa shape index (κ3) is 1.69. The molecule has 1 aliphatic carbocycles. The molecule has 0 amide bonds. The van der Waals surface area contributed by atoms with Gasteiger partial charge in [-0.05, 0) is 37.3 Å². The number of hydrogen-bond donors (Lipinski definition) is 1. The molecule has 2 rings (SSSR count). The van der Waals surface area contributed by atoms with Gasteiger partial charge in [-0.2, -0.15) is 0 Å². The van der Waals surface area contributed by atoms with Gasteiger partial charge in [-0.25, -0.2) is 0 Å². The Morgan fingerprint density at radius 2 is 2.46 bits per heavy atom. The number of aryl methyl sites for hydroxylation is 2. The molecule has 1 aromatic rings. The third-order valence-electron chi connectivity index (χ3n) is 2.55. The largest absolute Gasteiger partial charge is 0.323 e. The molecule has 1 aromatic heterocycles. The molecule has 0 spiro atoms. The quantitative estimate of drug-likeness (QED) is 0.734. The summed E-state index contributed by atoms with van der Waals surface area (Å²) in [4.78, 5) is 2.90. The van der Waals surface area contributed by atoms with Crippen LogP contribution in [-0.4, -0.2) is 0 Å². The fourth-order valence-electron chi connectivity index (χ4n) is 1.83. The fraction of sp³-hybridized carbons (Fsp3) is 0.455. The zero-order valence-corrected chi connectivity index (χ0v) is 8.57. The lowest BCUT2D eigenvalue weighted by atomic mass is 10.1. The molecular weight excluding hydrogens is 178 g/mol. The van der Waals surface area contributed by atoms with Crippen molar-refractivity contribution >= 4 is 11.3 Å². The number of fused-ring (bicyclic) bond motifs is 1. The summed E-state index contributed by atoms with van der Waals surface area (Å²) in [5.74, 6) is 0. The van der Waals surface area contributed by atoms with Crippen LogP contribution in [0, 0.1) is 0 Å². The molecule has 0 saturated carbocycles. The maximum atomic E-state index is 6.01. The Morgan fingerprint density at radius 3 is 3.15 bits per heavy atom. The van der Waals surface area contributed by atoms with Crippen molar-refractivity contribution < 1.29 is 0 Å². The predicted molar refractivity (Wildman–Crippen MR) is 58.1 cm³/mol. The molecule has 1 heterocycles. The van der Waals surface area contributed by atoms with Crippen molar-refractivity contribution in [1.82, 2.24) is 0 Å². The summed E-state index contributed by atoms with van der Waals surface area (Å²) in [7, 11) is 0. The minimum Gasteiger partial charge on any atom is -0.323 e. The summed E-state index contributed by atoms with van der Waals surface area (Å²) in [6.45, 7) is 3.71. The lowest BCUT2D eigenvalue weighted by molar-refractivity contribution is 0.756. The summed E-state index contributed by atoms with van der Waals surface area (Å²) in [5, 5.41) is 0. The van der Waals surface area contributed by atoms with Gasteiger partial charge < -0.3 is 5.73 Å². The monoisotopic (exact) mass is 193 g/mol. The zero-order chi connectivity index (χ0) is 9.26. The van der Waals surface area contributed by atoms with E-state index in [-0.39, 0.29) is 6.04 Å². The highest BCUT2D eigenvalue weighted by atomic mass is 32.1. The zero-order valence-electron chi connectivity index (χ0n) is 7.75. The van der Waals surface area contributed by atoms with E-state index in [0.717, 1.165) is 6.42 Å². The van der Waals surface area contributed by atoms with Crippen LogP contribution in [0.3, 0.4) is 0 Å². The minimum absolute atomic E-state index is 0.174. The summed E-state index contributed by atoms with van der Waals surface area (Å²) in [5.41, 5.74) is 7.55. The van der Waals surface area contributed by atoms with E-state index in [1.807, 2.05) is 17.4 Å². The fourth-order valence-corrected chi connectivity index (χ4v) is 3.10. The Kier molecular flexibility index (Phi) is 2.51. The van der Waals surface area contributed by atoms with Crippen LogP contribution < -0.4 is 5.73 Å². The molecule has 2 N–H and O–H groups in total. The van der Waals surface area contributed by atoms with Gasteiger partial charge in [0.2, 0.25) is 0 Å². The molecular formula is C11H15NS. The van der Waals surface area contributed by atoms with Gasteiger partial charge in [0.1, 0.15) is 0 Å². The van der Waals surface area contributed by atoms with Crippen molar-refractivity contribution in [1.29, 1.82) is 0 Å². The van der Waals surface area contributed by atoms with E-state index in [9.17, 15) is 0 Å². The second-order valence-electron chi connectivity index (χ2n) is 3.58. The molecule has 0 aliphatic heterocycles. The minimum atomic E-state index is 0.174. The van der Waals surface area contributed by atoms with Gasteiger partial charge in [0.15, 0.2) is 0 Å². The normalized spacial score (nSPS) is 17.0. The van der Waals surface area contributed by atoms with Gasteiger partial charge in [-0.1, -0.05) is 6.08 Å². The first-order valence-corrected chi connectivity index (χ1v) is 5.61. The van der Waals surface area contributed by atoms with E-state index < -0.39 is 0 Å². The van der Waals surface area contributed by atoms with Crippen LogP contribution >= 0.6 is 11.3 Å². The first kappa shape index (κ1) is 8.97. The Labute approximate surface area is 83.3 Å². The second-order valence-corrected chi connectivity index (χ2v) is 4.75. The van der Waals surface area contributed by atoms with Crippen LogP contribution in [0.4, 0.5) is 0 Å². The lowest BCUT2D eigenvalue weighted by Gasteiger charge is -2.04. The molecule has 2 heteroatoms. The van der Waals surface area contributed by atoms with Crippen molar-refractivity contribution in [3.05, 3.63) is 34.0 Å². The highest BCUT2D eigenvalue weighted by Crippen LogP contribution is 2.33. The molecule has 13 heavy (non-hydrogen) atoms. The number of hydrogen-bond acceptors (Lipinski definition) is 2. The molecule has 70 valence electrons. The second kappa shape index (κ2) is 3.64. The van der Waals surface area contributed by atoms with E-state index in [2.05, 4.69) is 12.6 Å². The summed E-state index contributed by atoms with van der Waals surface area (Å²) >= 11 is 1.90. The third-order valence-corrected chi connectivity index (χ3v) is 3.92. The molecule has 0 aromatic carbocycles. The van der Waals surface area contributed by atoms with Crippen LogP contribution in [0.2, 0.25) is 0 Å². The smallest absolute Gasteiger partial charge is 0.0424 e. The average Bonchev–Trinajstić information content (AvgIpc) is 2.61. The number of nitrogens with two attached hydrogens (primary N) is 1. The predicted octanol–water partition coefficient (Wildman–Crippen LogP) is 2.81. The molecule has 1 nitrogen and oxygen atoms in total. The first-order chi connectivity index (χ1) is 6.31. The van der Waals surface area contributed by atoms with E-state index >= 15 is 0 Å². The summed E-state index contributed by atoms with van der Waals surface area (Å²) in [6, 6.07) is 2.47. The van der Waals surface area contributed by atoms with Gasteiger partial charge in [0.05, 0.1) is 0 Å². The molecule has 0 saturated heterocycles. The summed E-state index contributed by atoms with van der Waals surface area (Å²) < 4.78 is 0. The standard InChI is InChI=1S/C11H15NS/c1-2-4-9(12)11-7-8-5-3-6-10(8)13-11/h2,7,9H,1,3-6,12H2. The molecule has 0 bridgehead atoms. The van der Waals surface area contributed by atoms with E-state index in [4.69, 9.17) is 5.73 Å². The van der Waals surface area contributed by atoms with Gasteiger partial charge in [0.25, 0.3) is 0 Å². The molecule has 0 radical (unpaired) electrons. The Balaban J connectivity index is 2.17. The summed E-state index contributed by atoms with van der Waals surface area (Å²) in [6.07, 6.45) is 6.64. The topological polar surface area (TPSA) is 26.0 Å². The van der Waals surface area contributed by atoms with Gasteiger partial charge in [-0.3, -0.25) is 0 Å². The van der Waals surface area contributed by atoms with Crippen molar-refractivity contribution in [2.24, 2.45) is 5.73 Å². The highest BCUT2D eigenvalue weighted by Gasteiger charge is 2.17. The Hall–Kier alpha value is -0.600. The molecule has 1 atom stereocenters. The van der Waals surface area contributed by atoms with E-state index in [0.29, 0.717) is 0 Å². The van der Waals surface area contributed by atoms with Crippen LogP contribution in [0.15, 0.2) is 18.7 Å². The highest BCUT2D eigenvalue weighted by molar-refractivity contribution is 7.12. The van der Waals surface area contributed by atoms with Crippen LogP contribution in [0.5, 0.6) is 0 Å². The number of thiophene rings is 1. The van der Waals surface area contributed by atoms with Crippen molar-refractivity contribution in [2.45, 2.75) is 31.7 Å². The Bertz CT molecular complexity index is 292. The van der Waals surface area contributed by atoms with Crippen LogP contribution in [0.1, 0.15) is 34.2 Å². The van der Waals surface area contributed by atoms with E-state index in [1.165, 1.54) is 24.1 Å². The van der Waals surface area contributed by atoms with Gasteiger partial charge in [-0.15, -0.1) is 17.9 Å². The maximum absolute atomic E-state index is 6.01. The molecule has 1 unspecified atom stereocenters. The van der Waals surface area contributed by atoms with E-state index in [1.54, 1.807) is 10.4 Å². The lowest BCUT2D eigenvalue weighted by Crippen LogP contribution is -2.06. The Morgan fingerprint density at radius 1 is 1.62 bits per heavy atom. The van der Waals surface area contributed by atoms with Crippen molar-refractivity contribution in [2.75, 3.05) is 0 Å². The SMILES string of the molecule is C=CCC(N)c1cc2c(s1)CCC2. The number of rotatable bonds is 3. The van der Waals surface area contributed by atoms with Gasteiger partial charge in [0, 0.05) is 15.8 Å². The van der Waals surface area contributed by atoms with Crippen LogP contribution in [0.25, 0.3) is 0 Å². The first-order valence-electron chi connectivity index (χ1n) is 4.79. The average molecular weight is 193 g/mol. The van der Waals surface area contributed by atoms with Crippen molar-refractivity contribution in [3.8, 4) is 0 Å². The molecule has 0 fully saturated rings. The van der Waals surface area contributed by atoms with Gasteiger partial charge >= 0.3 is 0 Å². The van der Waals surface area contributed by atoms with Crippen LogP contribution in [-0.2, 0) is 12.8 Å². The van der Waals surface area contributed by atoms with Crippen molar-refractivity contribution in [3.63, 3.8) is 0 Å². The molecule has 1 aliphatic rings.